The fourth-order valence-electron chi connectivity index (χ4n) is 3.25. The lowest BCUT2D eigenvalue weighted by atomic mass is 9.95. The van der Waals surface area contributed by atoms with Crippen LogP contribution in [0.4, 0.5) is 11.5 Å². The SMILES string of the molecule is O=S(=O)(Nc1ccc(NC2CCCCC2)nc1)c1ccc2c(c1)OCO2. The minimum Gasteiger partial charge on any atom is -0.454 e. The summed E-state index contributed by atoms with van der Waals surface area (Å²) >= 11 is 0. The van der Waals surface area contributed by atoms with Crippen LogP contribution in [0.1, 0.15) is 32.1 Å². The summed E-state index contributed by atoms with van der Waals surface area (Å²) in [6.45, 7) is 0.103. The molecule has 7 nitrogen and oxygen atoms in total. The molecule has 0 radical (unpaired) electrons. The molecule has 138 valence electrons. The van der Waals surface area contributed by atoms with Gasteiger partial charge in [-0.15, -0.1) is 0 Å². The highest BCUT2D eigenvalue weighted by atomic mass is 32.2. The highest BCUT2D eigenvalue weighted by Gasteiger charge is 2.20. The first kappa shape index (κ1) is 17.0. The van der Waals surface area contributed by atoms with Gasteiger partial charge in [0.15, 0.2) is 11.5 Å². The van der Waals surface area contributed by atoms with Crippen molar-refractivity contribution in [3.63, 3.8) is 0 Å². The largest absolute Gasteiger partial charge is 0.454 e. The molecule has 2 aliphatic rings. The molecule has 1 aliphatic heterocycles. The van der Waals surface area contributed by atoms with Crippen molar-refractivity contribution in [2.75, 3.05) is 16.8 Å². The Morgan fingerprint density at radius 3 is 2.58 bits per heavy atom. The lowest BCUT2D eigenvalue weighted by Gasteiger charge is -2.23. The Hall–Kier alpha value is -2.48. The fraction of sp³-hybridized carbons (Fsp3) is 0.389. The molecule has 0 spiro atoms. The van der Waals surface area contributed by atoms with Crippen LogP contribution in [0, 0.1) is 0 Å². The number of sulfonamides is 1. The van der Waals surface area contributed by atoms with E-state index in [1.807, 2.05) is 0 Å². The Bertz CT molecular complexity index is 878. The number of rotatable bonds is 5. The summed E-state index contributed by atoms with van der Waals surface area (Å²) in [5.74, 6) is 1.74. The van der Waals surface area contributed by atoms with Gasteiger partial charge in [0.25, 0.3) is 10.0 Å². The number of anilines is 2. The lowest BCUT2D eigenvalue weighted by molar-refractivity contribution is 0.174. The topological polar surface area (TPSA) is 89.6 Å². The highest BCUT2D eigenvalue weighted by Crippen LogP contribution is 2.34. The molecule has 0 atom stereocenters. The van der Waals surface area contributed by atoms with Crippen LogP contribution in [-0.4, -0.2) is 26.2 Å². The third-order valence-electron chi connectivity index (χ3n) is 4.63. The highest BCUT2D eigenvalue weighted by molar-refractivity contribution is 7.92. The van der Waals surface area contributed by atoms with E-state index in [0.29, 0.717) is 23.2 Å². The van der Waals surface area contributed by atoms with E-state index in [0.717, 1.165) is 18.7 Å². The average Bonchev–Trinajstić information content (AvgIpc) is 3.12. The number of aromatic nitrogens is 1. The summed E-state index contributed by atoms with van der Waals surface area (Å²) < 4.78 is 38.1. The van der Waals surface area contributed by atoms with Gasteiger partial charge in [-0.2, -0.15) is 0 Å². The summed E-state index contributed by atoms with van der Waals surface area (Å²) in [4.78, 5) is 4.44. The van der Waals surface area contributed by atoms with Crippen LogP contribution in [0.25, 0.3) is 0 Å². The first-order chi connectivity index (χ1) is 12.6. The molecule has 1 aromatic heterocycles. The van der Waals surface area contributed by atoms with E-state index in [4.69, 9.17) is 9.47 Å². The molecule has 1 aliphatic carbocycles. The van der Waals surface area contributed by atoms with Crippen LogP contribution < -0.4 is 19.5 Å². The normalized spacial score (nSPS) is 17.1. The molecule has 2 N–H and O–H groups in total. The predicted octanol–water partition coefficient (Wildman–Crippen LogP) is 3.36. The third-order valence-corrected chi connectivity index (χ3v) is 6.01. The van der Waals surface area contributed by atoms with Crippen LogP contribution in [-0.2, 0) is 10.0 Å². The van der Waals surface area contributed by atoms with Gasteiger partial charge < -0.3 is 14.8 Å². The van der Waals surface area contributed by atoms with E-state index in [9.17, 15) is 8.42 Å². The van der Waals surface area contributed by atoms with Crippen LogP contribution in [0.2, 0.25) is 0 Å². The van der Waals surface area contributed by atoms with Crippen LogP contribution in [0.3, 0.4) is 0 Å². The van der Waals surface area contributed by atoms with Crippen molar-refractivity contribution in [2.24, 2.45) is 0 Å². The van der Waals surface area contributed by atoms with Gasteiger partial charge in [0.1, 0.15) is 5.82 Å². The standard InChI is InChI=1S/C18H21N3O4S/c22-26(23,15-7-8-16-17(10-15)25-12-24-16)21-14-6-9-18(19-11-14)20-13-4-2-1-3-5-13/h6-11,13,21H,1-5,12H2,(H,19,20). The first-order valence-corrected chi connectivity index (χ1v) is 10.2. The zero-order valence-electron chi connectivity index (χ0n) is 14.3. The van der Waals surface area contributed by atoms with Gasteiger partial charge in [0.05, 0.1) is 16.8 Å². The summed E-state index contributed by atoms with van der Waals surface area (Å²) in [6, 6.07) is 8.49. The molecule has 26 heavy (non-hydrogen) atoms. The smallest absolute Gasteiger partial charge is 0.262 e. The molecule has 2 heterocycles. The van der Waals surface area contributed by atoms with E-state index >= 15 is 0 Å². The molecule has 8 heteroatoms. The van der Waals surface area contributed by atoms with Gasteiger partial charge in [-0.25, -0.2) is 13.4 Å². The molecule has 1 fully saturated rings. The number of hydrogen-bond acceptors (Lipinski definition) is 6. The van der Waals surface area contributed by atoms with Crippen molar-refractivity contribution in [1.82, 2.24) is 4.98 Å². The van der Waals surface area contributed by atoms with Gasteiger partial charge in [-0.3, -0.25) is 4.72 Å². The number of fused-ring (bicyclic) bond motifs is 1. The Kier molecular flexibility index (Phi) is 4.58. The van der Waals surface area contributed by atoms with Crippen molar-refractivity contribution in [3.8, 4) is 11.5 Å². The van der Waals surface area contributed by atoms with E-state index in [-0.39, 0.29) is 11.7 Å². The minimum atomic E-state index is -3.72. The number of benzene rings is 1. The zero-order chi connectivity index (χ0) is 18.0. The molecule has 1 aromatic carbocycles. The molecule has 2 aromatic rings. The molecule has 0 bridgehead atoms. The van der Waals surface area contributed by atoms with Crippen LogP contribution in [0.5, 0.6) is 11.5 Å². The lowest BCUT2D eigenvalue weighted by Crippen LogP contribution is -2.22. The number of pyridine rings is 1. The molecule has 0 amide bonds. The number of hydrogen-bond donors (Lipinski definition) is 2. The zero-order valence-corrected chi connectivity index (χ0v) is 15.1. The van der Waals surface area contributed by atoms with Crippen molar-refractivity contribution in [1.29, 1.82) is 0 Å². The van der Waals surface area contributed by atoms with Crippen molar-refractivity contribution in [2.45, 2.75) is 43.0 Å². The maximum Gasteiger partial charge on any atom is 0.262 e. The van der Waals surface area contributed by atoms with Crippen LogP contribution in [0.15, 0.2) is 41.4 Å². The molecule has 4 rings (SSSR count). The van der Waals surface area contributed by atoms with Gasteiger partial charge in [-0.1, -0.05) is 19.3 Å². The van der Waals surface area contributed by atoms with E-state index < -0.39 is 10.0 Å². The monoisotopic (exact) mass is 375 g/mol. The number of ether oxygens (including phenoxy) is 2. The quantitative estimate of drug-likeness (QED) is 0.833. The Morgan fingerprint density at radius 2 is 1.81 bits per heavy atom. The maximum absolute atomic E-state index is 12.6. The van der Waals surface area contributed by atoms with Gasteiger partial charge in [-0.05, 0) is 37.1 Å². The van der Waals surface area contributed by atoms with Crippen molar-refractivity contribution >= 4 is 21.5 Å². The van der Waals surface area contributed by atoms with Gasteiger partial charge in [0.2, 0.25) is 6.79 Å². The second-order valence-corrected chi connectivity index (χ2v) is 8.21. The molecule has 1 saturated carbocycles. The summed E-state index contributed by atoms with van der Waals surface area (Å²) in [5.41, 5.74) is 0.414. The Labute approximate surface area is 152 Å². The maximum atomic E-state index is 12.6. The Balaban J connectivity index is 1.44. The molecule has 0 saturated heterocycles. The fourth-order valence-corrected chi connectivity index (χ4v) is 4.31. The summed E-state index contributed by atoms with van der Waals surface area (Å²) in [5, 5.41) is 3.41. The van der Waals surface area contributed by atoms with Gasteiger partial charge >= 0.3 is 0 Å². The van der Waals surface area contributed by atoms with Crippen LogP contribution >= 0.6 is 0 Å². The van der Waals surface area contributed by atoms with Crippen molar-refractivity contribution in [3.05, 3.63) is 36.5 Å². The summed E-state index contributed by atoms with van der Waals surface area (Å²) in [7, 11) is -3.72. The average molecular weight is 375 g/mol. The molecular formula is C18H21N3O4S. The van der Waals surface area contributed by atoms with E-state index in [2.05, 4.69) is 15.0 Å². The first-order valence-electron chi connectivity index (χ1n) is 8.75. The number of nitrogens with one attached hydrogen (secondary N) is 2. The molecule has 0 unspecified atom stereocenters. The van der Waals surface area contributed by atoms with E-state index in [1.54, 1.807) is 18.2 Å². The molecular weight excluding hydrogens is 354 g/mol. The third kappa shape index (κ3) is 3.70. The van der Waals surface area contributed by atoms with Gasteiger partial charge in [0, 0.05) is 12.1 Å². The Morgan fingerprint density at radius 1 is 1.00 bits per heavy atom. The van der Waals surface area contributed by atoms with E-state index in [1.165, 1.54) is 37.6 Å². The minimum absolute atomic E-state index is 0.103. The second-order valence-electron chi connectivity index (χ2n) is 6.53. The summed E-state index contributed by atoms with van der Waals surface area (Å²) in [6.07, 6.45) is 7.61. The predicted molar refractivity (Wildman–Crippen MR) is 98.1 cm³/mol. The second kappa shape index (κ2) is 7.03. The number of nitrogens with zero attached hydrogens (tertiary/aromatic N) is 1. The van der Waals surface area contributed by atoms with Crippen molar-refractivity contribution < 1.29 is 17.9 Å².